The number of hydrogen-bond donors (Lipinski definition) is 2. The second kappa shape index (κ2) is 5.16. The molecule has 0 spiro atoms. The standard InChI is InChI=1S/C12H20N4/c1-10(9-16-6-2-3-7-16)15-12-8-11(13)4-5-14-12/h4-5,8,10H,2-3,6-7,9H2,1H3,(H3,13,14,15). The van der Waals surface area contributed by atoms with E-state index in [9.17, 15) is 0 Å². The van der Waals surface area contributed by atoms with E-state index in [2.05, 4.69) is 22.1 Å². The van der Waals surface area contributed by atoms with E-state index in [4.69, 9.17) is 5.73 Å². The van der Waals surface area contributed by atoms with Crippen LogP contribution in [-0.2, 0) is 0 Å². The lowest BCUT2D eigenvalue weighted by molar-refractivity contribution is 0.327. The number of aromatic nitrogens is 1. The van der Waals surface area contributed by atoms with Crippen molar-refractivity contribution in [1.82, 2.24) is 9.88 Å². The molecule has 0 aliphatic carbocycles. The average Bonchev–Trinajstić information content (AvgIpc) is 2.70. The summed E-state index contributed by atoms with van der Waals surface area (Å²) >= 11 is 0. The van der Waals surface area contributed by atoms with Crippen LogP contribution in [0.3, 0.4) is 0 Å². The highest BCUT2D eigenvalue weighted by atomic mass is 15.2. The van der Waals surface area contributed by atoms with Gasteiger partial charge in [0.25, 0.3) is 0 Å². The number of nitrogen functional groups attached to an aromatic ring is 1. The van der Waals surface area contributed by atoms with E-state index in [1.165, 1.54) is 25.9 Å². The Labute approximate surface area is 96.8 Å². The fourth-order valence-electron chi connectivity index (χ4n) is 2.18. The summed E-state index contributed by atoms with van der Waals surface area (Å²) in [6, 6.07) is 4.09. The summed E-state index contributed by atoms with van der Waals surface area (Å²) in [4.78, 5) is 6.73. The van der Waals surface area contributed by atoms with Gasteiger partial charge in [-0.3, -0.25) is 0 Å². The van der Waals surface area contributed by atoms with Crippen molar-refractivity contribution in [2.75, 3.05) is 30.7 Å². The highest BCUT2D eigenvalue weighted by Gasteiger charge is 2.14. The molecule has 0 saturated carbocycles. The first-order chi connectivity index (χ1) is 7.74. The lowest BCUT2D eigenvalue weighted by Crippen LogP contribution is -2.33. The van der Waals surface area contributed by atoms with Crippen molar-refractivity contribution in [2.24, 2.45) is 0 Å². The Morgan fingerprint density at radius 1 is 1.50 bits per heavy atom. The first-order valence-electron chi connectivity index (χ1n) is 5.94. The van der Waals surface area contributed by atoms with Gasteiger partial charge in [0.05, 0.1) is 0 Å². The van der Waals surface area contributed by atoms with Crippen molar-refractivity contribution in [1.29, 1.82) is 0 Å². The van der Waals surface area contributed by atoms with Crippen molar-refractivity contribution < 1.29 is 0 Å². The fourth-order valence-corrected chi connectivity index (χ4v) is 2.18. The number of anilines is 2. The third kappa shape index (κ3) is 3.10. The highest BCUT2D eigenvalue weighted by molar-refractivity contribution is 5.48. The van der Waals surface area contributed by atoms with Crippen molar-refractivity contribution >= 4 is 11.5 Å². The van der Waals surface area contributed by atoms with E-state index in [1.807, 2.05) is 6.07 Å². The zero-order valence-electron chi connectivity index (χ0n) is 9.82. The van der Waals surface area contributed by atoms with Crippen LogP contribution in [0.5, 0.6) is 0 Å². The molecule has 3 N–H and O–H groups in total. The highest BCUT2D eigenvalue weighted by Crippen LogP contribution is 2.12. The molecule has 0 amide bonds. The molecule has 2 heterocycles. The third-order valence-electron chi connectivity index (χ3n) is 2.91. The molecule has 1 aromatic rings. The Kier molecular flexibility index (Phi) is 3.62. The van der Waals surface area contributed by atoms with Crippen LogP contribution in [0, 0.1) is 0 Å². The smallest absolute Gasteiger partial charge is 0.128 e. The third-order valence-corrected chi connectivity index (χ3v) is 2.91. The molecule has 1 aliphatic heterocycles. The lowest BCUT2D eigenvalue weighted by Gasteiger charge is -2.21. The van der Waals surface area contributed by atoms with Crippen LogP contribution in [0.1, 0.15) is 19.8 Å². The van der Waals surface area contributed by atoms with Gasteiger partial charge in [0.2, 0.25) is 0 Å². The number of nitrogens with zero attached hydrogens (tertiary/aromatic N) is 2. The van der Waals surface area contributed by atoms with Crippen molar-refractivity contribution in [3.63, 3.8) is 0 Å². The zero-order valence-corrected chi connectivity index (χ0v) is 9.82. The summed E-state index contributed by atoms with van der Waals surface area (Å²) in [6.45, 7) is 5.73. The Morgan fingerprint density at radius 3 is 2.94 bits per heavy atom. The molecule has 1 fully saturated rings. The molecule has 1 unspecified atom stereocenters. The number of nitrogens with two attached hydrogens (primary N) is 1. The number of likely N-dealkylation sites (tertiary alicyclic amines) is 1. The van der Waals surface area contributed by atoms with Crippen molar-refractivity contribution in [3.05, 3.63) is 18.3 Å². The Morgan fingerprint density at radius 2 is 2.25 bits per heavy atom. The van der Waals surface area contributed by atoms with Crippen LogP contribution in [0.2, 0.25) is 0 Å². The maximum absolute atomic E-state index is 5.71. The zero-order chi connectivity index (χ0) is 11.4. The van der Waals surface area contributed by atoms with E-state index in [-0.39, 0.29) is 0 Å². The molecule has 0 radical (unpaired) electrons. The SMILES string of the molecule is CC(CN1CCCC1)Nc1cc(N)ccn1. The number of pyridine rings is 1. The minimum Gasteiger partial charge on any atom is -0.399 e. The van der Waals surface area contributed by atoms with Gasteiger partial charge in [-0.2, -0.15) is 0 Å². The van der Waals surface area contributed by atoms with E-state index < -0.39 is 0 Å². The minimum atomic E-state index is 0.410. The lowest BCUT2D eigenvalue weighted by atomic mass is 10.3. The van der Waals surface area contributed by atoms with Crippen LogP contribution >= 0.6 is 0 Å². The molecule has 88 valence electrons. The molecule has 4 heteroatoms. The minimum absolute atomic E-state index is 0.410. The van der Waals surface area contributed by atoms with Crippen LogP contribution < -0.4 is 11.1 Å². The summed E-state index contributed by atoms with van der Waals surface area (Å²) < 4.78 is 0. The Balaban J connectivity index is 1.84. The van der Waals surface area contributed by atoms with Gasteiger partial charge in [0.15, 0.2) is 0 Å². The molecule has 0 bridgehead atoms. The van der Waals surface area contributed by atoms with E-state index in [1.54, 1.807) is 12.3 Å². The van der Waals surface area contributed by atoms with Gasteiger partial charge in [0.1, 0.15) is 5.82 Å². The first-order valence-corrected chi connectivity index (χ1v) is 5.94. The van der Waals surface area contributed by atoms with Gasteiger partial charge < -0.3 is 16.0 Å². The second-order valence-electron chi connectivity index (χ2n) is 4.53. The number of hydrogen-bond acceptors (Lipinski definition) is 4. The molecule has 16 heavy (non-hydrogen) atoms. The molecule has 4 nitrogen and oxygen atoms in total. The molecular weight excluding hydrogens is 200 g/mol. The maximum atomic E-state index is 5.71. The van der Waals surface area contributed by atoms with Gasteiger partial charge in [-0.25, -0.2) is 4.98 Å². The number of rotatable bonds is 4. The molecule has 2 rings (SSSR count). The molecule has 0 aromatic carbocycles. The second-order valence-corrected chi connectivity index (χ2v) is 4.53. The monoisotopic (exact) mass is 220 g/mol. The van der Waals surface area contributed by atoms with Gasteiger partial charge in [0, 0.05) is 30.5 Å². The molecule has 1 saturated heterocycles. The van der Waals surface area contributed by atoms with Gasteiger partial charge in [-0.05, 0) is 38.9 Å². The van der Waals surface area contributed by atoms with E-state index >= 15 is 0 Å². The Hall–Kier alpha value is -1.29. The van der Waals surface area contributed by atoms with Crippen molar-refractivity contribution in [3.8, 4) is 0 Å². The summed E-state index contributed by atoms with van der Waals surface area (Å²) in [5.74, 6) is 0.867. The van der Waals surface area contributed by atoms with Crippen LogP contribution in [0.15, 0.2) is 18.3 Å². The molecule has 1 aromatic heterocycles. The first kappa shape index (κ1) is 11.2. The molecular formula is C12H20N4. The predicted octanol–water partition coefficient (Wildman–Crippen LogP) is 1.56. The summed E-state index contributed by atoms with van der Waals surface area (Å²) in [5.41, 5.74) is 6.46. The Bertz CT molecular complexity index is 334. The van der Waals surface area contributed by atoms with Crippen LogP contribution in [-0.4, -0.2) is 35.6 Å². The largest absolute Gasteiger partial charge is 0.399 e. The average molecular weight is 220 g/mol. The summed E-state index contributed by atoms with van der Waals surface area (Å²) in [6.07, 6.45) is 4.41. The normalized spacial score (nSPS) is 18.6. The van der Waals surface area contributed by atoms with Gasteiger partial charge in [-0.15, -0.1) is 0 Å². The van der Waals surface area contributed by atoms with Crippen LogP contribution in [0.25, 0.3) is 0 Å². The summed E-state index contributed by atoms with van der Waals surface area (Å²) in [7, 11) is 0. The van der Waals surface area contributed by atoms with Crippen molar-refractivity contribution in [2.45, 2.75) is 25.8 Å². The maximum Gasteiger partial charge on any atom is 0.128 e. The van der Waals surface area contributed by atoms with Crippen LogP contribution in [0.4, 0.5) is 11.5 Å². The van der Waals surface area contributed by atoms with Gasteiger partial charge >= 0.3 is 0 Å². The fraction of sp³-hybridized carbons (Fsp3) is 0.583. The quantitative estimate of drug-likeness (QED) is 0.808. The molecule has 1 aliphatic rings. The predicted molar refractivity (Wildman–Crippen MR) is 67.4 cm³/mol. The number of nitrogens with one attached hydrogen (secondary N) is 1. The van der Waals surface area contributed by atoms with E-state index in [0.717, 1.165) is 18.1 Å². The topological polar surface area (TPSA) is 54.2 Å². The summed E-state index contributed by atoms with van der Waals surface area (Å²) in [5, 5.41) is 3.38. The molecule has 1 atom stereocenters. The van der Waals surface area contributed by atoms with E-state index in [0.29, 0.717) is 6.04 Å². The van der Waals surface area contributed by atoms with Gasteiger partial charge in [-0.1, -0.05) is 0 Å².